The summed E-state index contributed by atoms with van der Waals surface area (Å²) < 4.78 is 93.6. The quantitative estimate of drug-likeness (QED) is 0.365. The largest absolute Gasteiger partial charge is 0.419 e. The molecule has 37 heavy (non-hydrogen) atoms. The number of amides is 1. The first kappa shape index (κ1) is 27.3. The van der Waals surface area contributed by atoms with Gasteiger partial charge in [0.25, 0.3) is 0 Å². The van der Waals surface area contributed by atoms with E-state index in [0.29, 0.717) is 23.3 Å². The minimum absolute atomic E-state index is 0.0183. The molecule has 5 nitrogen and oxygen atoms in total. The lowest BCUT2D eigenvalue weighted by molar-refractivity contribution is -0.140. The van der Waals surface area contributed by atoms with Crippen LogP contribution in [0.15, 0.2) is 53.4 Å². The van der Waals surface area contributed by atoms with Gasteiger partial charge in [-0.15, -0.1) is 0 Å². The van der Waals surface area contributed by atoms with E-state index in [1.807, 2.05) is 0 Å². The van der Waals surface area contributed by atoms with Crippen LogP contribution in [0.5, 0.6) is 0 Å². The fraction of sp³-hybridized carbons (Fsp3) is 0.208. The lowest BCUT2D eigenvalue weighted by atomic mass is 9.98. The summed E-state index contributed by atoms with van der Waals surface area (Å²) in [5, 5.41) is 2.80. The van der Waals surface area contributed by atoms with Crippen LogP contribution in [0, 0.1) is 11.6 Å². The zero-order valence-corrected chi connectivity index (χ0v) is 21.0. The number of carbonyl (C=O) groups excluding carboxylic acids is 1. The molecular formula is C24H17Cl2F5N2O3S. The predicted octanol–water partition coefficient (Wildman–Crippen LogP) is 6.22. The van der Waals surface area contributed by atoms with Gasteiger partial charge in [-0.1, -0.05) is 35.3 Å². The van der Waals surface area contributed by atoms with Gasteiger partial charge in [0.15, 0.2) is 0 Å². The predicted molar refractivity (Wildman–Crippen MR) is 128 cm³/mol. The number of anilines is 1. The Hall–Kier alpha value is -2.73. The van der Waals surface area contributed by atoms with Gasteiger partial charge in [0.1, 0.15) is 16.5 Å². The highest BCUT2D eigenvalue weighted by atomic mass is 35.5. The molecule has 1 aliphatic rings. The Morgan fingerprint density at radius 3 is 2.41 bits per heavy atom. The number of sulfonamides is 1. The topological polar surface area (TPSA) is 66.5 Å². The maximum Gasteiger partial charge on any atom is 0.419 e. The number of nitrogens with one attached hydrogen (secondary N) is 1. The van der Waals surface area contributed by atoms with Gasteiger partial charge in [-0.05, 0) is 59.5 Å². The summed E-state index contributed by atoms with van der Waals surface area (Å²) in [6.07, 6.45) is -5.16. The summed E-state index contributed by atoms with van der Waals surface area (Å²) in [6, 6.07) is 8.46. The fourth-order valence-electron chi connectivity index (χ4n) is 4.02. The number of fused-ring (bicyclic) bond motifs is 1. The lowest BCUT2D eigenvalue weighted by Gasteiger charge is -2.30. The smallest absolute Gasteiger partial charge is 0.324 e. The first-order chi connectivity index (χ1) is 17.3. The molecule has 0 unspecified atom stereocenters. The van der Waals surface area contributed by atoms with Crippen molar-refractivity contribution in [2.75, 3.05) is 11.9 Å². The van der Waals surface area contributed by atoms with Crippen molar-refractivity contribution >= 4 is 44.8 Å². The molecule has 13 heteroatoms. The van der Waals surface area contributed by atoms with Crippen LogP contribution >= 0.6 is 23.2 Å². The van der Waals surface area contributed by atoms with Crippen molar-refractivity contribution < 1.29 is 35.2 Å². The molecule has 1 heterocycles. The number of halogens is 7. The number of benzene rings is 3. The molecule has 1 aliphatic heterocycles. The van der Waals surface area contributed by atoms with Crippen molar-refractivity contribution in [2.45, 2.75) is 30.5 Å². The van der Waals surface area contributed by atoms with Gasteiger partial charge in [0.05, 0.1) is 22.7 Å². The molecule has 0 saturated carbocycles. The molecule has 0 aliphatic carbocycles. The van der Waals surface area contributed by atoms with Gasteiger partial charge in [0.2, 0.25) is 15.9 Å². The van der Waals surface area contributed by atoms with Crippen molar-refractivity contribution in [1.82, 2.24) is 4.31 Å². The van der Waals surface area contributed by atoms with E-state index in [1.165, 1.54) is 12.1 Å². The van der Waals surface area contributed by atoms with E-state index in [1.54, 1.807) is 6.07 Å². The molecule has 3 aromatic carbocycles. The van der Waals surface area contributed by atoms with E-state index in [9.17, 15) is 35.2 Å². The van der Waals surface area contributed by atoms with Gasteiger partial charge in [-0.3, -0.25) is 4.79 Å². The minimum Gasteiger partial charge on any atom is -0.324 e. The van der Waals surface area contributed by atoms with Crippen LogP contribution in [-0.4, -0.2) is 25.2 Å². The monoisotopic (exact) mass is 578 g/mol. The fourth-order valence-corrected chi connectivity index (χ4v) is 5.99. The molecule has 0 bridgehead atoms. The third-order valence-electron chi connectivity index (χ3n) is 5.80. The van der Waals surface area contributed by atoms with Gasteiger partial charge < -0.3 is 5.32 Å². The second kappa shape index (κ2) is 10.2. The first-order valence-corrected chi connectivity index (χ1v) is 12.9. The van der Waals surface area contributed by atoms with Crippen molar-refractivity contribution in [3.8, 4) is 0 Å². The van der Waals surface area contributed by atoms with E-state index < -0.39 is 50.6 Å². The summed E-state index contributed by atoms with van der Waals surface area (Å²) >= 11 is 12.1. The van der Waals surface area contributed by atoms with E-state index in [4.69, 9.17) is 23.2 Å². The third-order valence-corrected chi connectivity index (χ3v) is 8.21. The van der Waals surface area contributed by atoms with Crippen molar-refractivity contribution in [3.05, 3.63) is 92.5 Å². The SMILES string of the molecule is O=C(Cc1ccc(C(F)(F)F)c(F)c1)Nc1c(Cl)ccc2c1CCN(S(=O)(=O)c1cc(Cl)ccc1F)C2. The van der Waals surface area contributed by atoms with Crippen LogP contribution in [-0.2, 0) is 40.4 Å². The van der Waals surface area contributed by atoms with E-state index in [-0.39, 0.29) is 40.8 Å². The van der Waals surface area contributed by atoms with Gasteiger partial charge in [-0.2, -0.15) is 17.5 Å². The maximum atomic E-state index is 14.3. The van der Waals surface area contributed by atoms with Gasteiger partial charge in [-0.25, -0.2) is 17.2 Å². The highest BCUT2D eigenvalue weighted by Gasteiger charge is 2.34. The Bertz CT molecular complexity index is 1500. The third kappa shape index (κ3) is 5.74. The molecule has 196 valence electrons. The van der Waals surface area contributed by atoms with Crippen LogP contribution in [0.3, 0.4) is 0 Å². The Kier molecular flexibility index (Phi) is 7.53. The second-order valence-electron chi connectivity index (χ2n) is 8.26. The molecule has 1 N–H and O–H groups in total. The van der Waals surface area contributed by atoms with E-state index in [0.717, 1.165) is 22.5 Å². The van der Waals surface area contributed by atoms with E-state index in [2.05, 4.69) is 5.32 Å². The molecule has 0 atom stereocenters. The van der Waals surface area contributed by atoms with E-state index >= 15 is 0 Å². The number of hydrogen-bond acceptors (Lipinski definition) is 3. The average Bonchev–Trinajstić information content (AvgIpc) is 2.81. The van der Waals surface area contributed by atoms with Gasteiger partial charge >= 0.3 is 6.18 Å². The normalized spacial score (nSPS) is 14.4. The van der Waals surface area contributed by atoms with Crippen molar-refractivity contribution in [2.24, 2.45) is 0 Å². The average molecular weight is 579 g/mol. The molecule has 4 rings (SSSR count). The molecule has 0 saturated heterocycles. The molecule has 3 aromatic rings. The number of nitrogens with zero attached hydrogens (tertiary/aromatic N) is 1. The zero-order chi connectivity index (χ0) is 27.1. The number of hydrogen-bond donors (Lipinski definition) is 1. The highest BCUT2D eigenvalue weighted by Crippen LogP contribution is 2.36. The summed E-state index contributed by atoms with van der Waals surface area (Å²) in [4.78, 5) is 12.1. The van der Waals surface area contributed by atoms with Crippen LogP contribution in [0.1, 0.15) is 22.3 Å². The molecule has 0 aromatic heterocycles. The summed E-state index contributed by atoms with van der Waals surface area (Å²) in [5.74, 6) is -3.10. The molecule has 0 fully saturated rings. The highest BCUT2D eigenvalue weighted by molar-refractivity contribution is 7.89. The Morgan fingerprint density at radius 1 is 1.00 bits per heavy atom. The van der Waals surface area contributed by atoms with Crippen molar-refractivity contribution in [1.29, 1.82) is 0 Å². The molecule has 1 amide bonds. The van der Waals surface area contributed by atoms with Crippen molar-refractivity contribution in [3.63, 3.8) is 0 Å². The van der Waals surface area contributed by atoms with Crippen LogP contribution < -0.4 is 5.32 Å². The molecular weight excluding hydrogens is 562 g/mol. The minimum atomic E-state index is -4.86. The maximum absolute atomic E-state index is 14.3. The molecule has 0 spiro atoms. The Labute approximate surface area is 218 Å². The zero-order valence-electron chi connectivity index (χ0n) is 18.7. The lowest BCUT2D eigenvalue weighted by Crippen LogP contribution is -2.36. The summed E-state index contributed by atoms with van der Waals surface area (Å²) in [7, 11) is -4.22. The summed E-state index contributed by atoms with van der Waals surface area (Å²) in [6.45, 7) is -0.178. The molecule has 0 radical (unpaired) electrons. The number of rotatable bonds is 5. The summed E-state index contributed by atoms with van der Waals surface area (Å²) in [5.41, 5.74) is -0.142. The van der Waals surface area contributed by atoms with Crippen LogP contribution in [0.4, 0.5) is 27.6 Å². The Morgan fingerprint density at radius 2 is 1.73 bits per heavy atom. The number of alkyl halides is 3. The van der Waals surface area contributed by atoms with Crippen LogP contribution in [0.25, 0.3) is 0 Å². The standard InChI is InChI=1S/C24H17Cl2F5N2O3S/c25-15-3-6-19(27)21(11-15)37(35,36)33-8-7-16-14(12-33)2-5-18(26)23(16)32-22(34)10-13-1-4-17(20(28)9-13)24(29,30)31/h1-6,9,11H,7-8,10,12H2,(H,32,34). The van der Waals surface area contributed by atoms with Gasteiger partial charge in [0, 0.05) is 18.1 Å². The Balaban J connectivity index is 1.54. The first-order valence-electron chi connectivity index (χ1n) is 10.7. The number of carbonyl (C=O) groups is 1. The van der Waals surface area contributed by atoms with Crippen LogP contribution in [0.2, 0.25) is 10.0 Å². The second-order valence-corrected chi connectivity index (χ2v) is 11.0.